The van der Waals surface area contributed by atoms with E-state index < -0.39 is 11.6 Å². The third kappa shape index (κ3) is 4.12. The van der Waals surface area contributed by atoms with E-state index in [4.69, 9.17) is 16.3 Å². The Balaban J connectivity index is 1.73. The van der Waals surface area contributed by atoms with Crippen LogP contribution in [-0.4, -0.2) is 23.1 Å². The molecular weight excluding hydrogens is 336 g/mol. The Bertz CT molecular complexity index is 706. The van der Waals surface area contributed by atoms with Crippen molar-refractivity contribution in [1.82, 2.24) is 9.97 Å². The maximum atomic E-state index is 13.9. The summed E-state index contributed by atoms with van der Waals surface area (Å²) in [6.07, 6.45) is 5.58. The lowest BCUT2D eigenvalue weighted by Gasteiger charge is -2.20. The predicted octanol–water partition coefficient (Wildman–Crippen LogP) is 4.37. The molecule has 0 N–H and O–H groups in total. The number of nitrogens with zero attached hydrogens (tertiary/aromatic N) is 3. The van der Waals surface area contributed by atoms with Crippen LogP contribution in [0.15, 0.2) is 24.4 Å². The first-order chi connectivity index (χ1) is 11.6. The second-order valence-electron chi connectivity index (χ2n) is 5.75. The molecule has 1 aliphatic rings. The van der Waals surface area contributed by atoms with Gasteiger partial charge in [-0.05, 0) is 25.0 Å². The minimum absolute atomic E-state index is 0.129. The Morgan fingerprint density at radius 3 is 2.54 bits per heavy atom. The van der Waals surface area contributed by atoms with Gasteiger partial charge in [-0.25, -0.2) is 9.37 Å². The minimum Gasteiger partial charge on any atom is -0.470 e. The van der Waals surface area contributed by atoms with Crippen molar-refractivity contribution in [3.63, 3.8) is 0 Å². The number of benzene rings is 1. The third-order valence-electron chi connectivity index (χ3n) is 3.97. The maximum Gasteiger partial charge on any atom is 0.255 e. The van der Waals surface area contributed by atoms with Gasteiger partial charge in [-0.3, -0.25) is 0 Å². The zero-order chi connectivity index (χ0) is 16.9. The lowest BCUT2D eigenvalue weighted by atomic mass is 10.2. The molecule has 1 aromatic carbocycles. The van der Waals surface area contributed by atoms with Gasteiger partial charge in [0.15, 0.2) is 0 Å². The van der Waals surface area contributed by atoms with E-state index in [-0.39, 0.29) is 18.1 Å². The molecule has 4 nitrogen and oxygen atoms in total. The summed E-state index contributed by atoms with van der Waals surface area (Å²) in [5.41, 5.74) is 0.286. The lowest BCUT2D eigenvalue weighted by molar-refractivity contribution is 0.271. The molecule has 1 aromatic heterocycles. The molecule has 0 bridgehead atoms. The van der Waals surface area contributed by atoms with Crippen molar-refractivity contribution in [2.24, 2.45) is 0 Å². The SMILES string of the molecule is Fc1cc(Cl)ccc1COc1nc(N2CCCCCC2)ncc1F. The molecule has 2 aromatic rings. The average molecular weight is 354 g/mol. The monoisotopic (exact) mass is 353 g/mol. The van der Waals surface area contributed by atoms with Crippen molar-refractivity contribution >= 4 is 17.5 Å². The number of hydrogen-bond donors (Lipinski definition) is 0. The molecule has 0 amide bonds. The molecule has 0 spiro atoms. The van der Waals surface area contributed by atoms with Crippen LogP contribution < -0.4 is 9.64 Å². The Hall–Kier alpha value is -1.95. The topological polar surface area (TPSA) is 38.2 Å². The number of aromatic nitrogens is 2. The molecule has 1 saturated heterocycles. The normalized spacial score (nSPS) is 15.2. The summed E-state index contributed by atoms with van der Waals surface area (Å²) in [4.78, 5) is 10.3. The van der Waals surface area contributed by atoms with E-state index in [0.29, 0.717) is 11.0 Å². The Morgan fingerprint density at radius 1 is 1.08 bits per heavy atom. The van der Waals surface area contributed by atoms with Gasteiger partial charge in [0.25, 0.3) is 5.88 Å². The molecule has 2 heterocycles. The Kier molecular flexibility index (Phi) is 5.45. The van der Waals surface area contributed by atoms with Crippen LogP contribution in [0.1, 0.15) is 31.2 Å². The van der Waals surface area contributed by atoms with Gasteiger partial charge in [0, 0.05) is 23.7 Å². The number of hydrogen-bond acceptors (Lipinski definition) is 4. The molecule has 0 aliphatic carbocycles. The third-order valence-corrected chi connectivity index (χ3v) is 4.20. The number of rotatable bonds is 4. The van der Waals surface area contributed by atoms with E-state index in [0.717, 1.165) is 32.1 Å². The van der Waals surface area contributed by atoms with Gasteiger partial charge in [0.2, 0.25) is 11.8 Å². The largest absolute Gasteiger partial charge is 0.470 e. The van der Waals surface area contributed by atoms with Crippen LogP contribution in [0.2, 0.25) is 5.02 Å². The van der Waals surface area contributed by atoms with Crippen LogP contribution in [0.4, 0.5) is 14.7 Å². The first-order valence-corrected chi connectivity index (χ1v) is 8.35. The summed E-state index contributed by atoms with van der Waals surface area (Å²) >= 11 is 5.71. The van der Waals surface area contributed by atoms with Crippen molar-refractivity contribution in [2.75, 3.05) is 18.0 Å². The molecule has 128 valence electrons. The summed E-state index contributed by atoms with van der Waals surface area (Å²) in [5.74, 6) is -0.879. The molecule has 0 atom stereocenters. The predicted molar refractivity (Wildman–Crippen MR) is 88.4 cm³/mol. The van der Waals surface area contributed by atoms with E-state index in [1.54, 1.807) is 6.07 Å². The highest BCUT2D eigenvalue weighted by Gasteiger charge is 2.16. The van der Waals surface area contributed by atoms with Crippen LogP contribution in [0.25, 0.3) is 0 Å². The molecule has 0 radical (unpaired) electrons. The highest BCUT2D eigenvalue weighted by Crippen LogP contribution is 2.22. The zero-order valence-corrected chi connectivity index (χ0v) is 13.9. The zero-order valence-electron chi connectivity index (χ0n) is 13.1. The van der Waals surface area contributed by atoms with Crippen molar-refractivity contribution in [1.29, 1.82) is 0 Å². The summed E-state index contributed by atoms with van der Waals surface area (Å²) in [5, 5.41) is 0.299. The van der Waals surface area contributed by atoms with Gasteiger partial charge in [-0.2, -0.15) is 9.37 Å². The summed E-state index contributed by atoms with van der Waals surface area (Å²) in [6.45, 7) is 1.56. The summed E-state index contributed by atoms with van der Waals surface area (Å²) in [7, 11) is 0. The second kappa shape index (κ2) is 7.75. The van der Waals surface area contributed by atoms with Gasteiger partial charge in [-0.1, -0.05) is 30.5 Å². The van der Waals surface area contributed by atoms with Crippen molar-refractivity contribution in [2.45, 2.75) is 32.3 Å². The van der Waals surface area contributed by atoms with Gasteiger partial charge in [0.05, 0.1) is 6.20 Å². The first kappa shape index (κ1) is 16.9. The average Bonchev–Trinajstić information content (AvgIpc) is 2.85. The maximum absolute atomic E-state index is 13.9. The Morgan fingerprint density at radius 2 is 1.83 bits per heavy atom. The smallest absolute Gasteiger partial charge is 0.255 e. The van der Waals surface area contributed by atoms with Crippen molar-refractivity contribution < 1.29 is 13.5 Å². The fourth-order valence-electron chi connectivity index (χ4n) is 2.65. The number of anilines is 1. The van der Waals surface area contributed by atoms with E-state index in [1.807, 2.05) is 4.90 Å². The fourth-order valence-corrected chi connectivity index (χ4v) is 2.81. The fraction of sp³-hybridized carbons (Fsp3) is 0.412. The van der Waals surface area contributed by atoms with Gasteiger partial charge < -0.3 is 9.64 Å². The summed E-state index contributed by atoms with van der Waals surface area (Å²) in [6, 6.07) is 4.26. The van der Waals surface area contributed by atoms with Crippen LogP contribution >= 0.6 is 11.6 Å². The van der Waals surface area contributed by atoms with Crippen LogP contribution in [0.5, 0.6) is 5.88 Å². The van der Waals surface area contributed by atoms with Crippen LogP contribution in [0.3, 0.4) is 0 Å². The molecule has 3 rings (SSSR count). The summed E-state index contributed by atoms with van der Waals surface area (Å²) < 4.78 is 33.0. The molecule has 0 saturated carbocycles. The van der Waals surface area contributed by atoms with Crippen molar-refractivity contribution in [3.8, 4) is 5.88 Å². The lowest BCUT2D eigenvalue weighted by Crippen LogP contribution is -2.26. The van der Waals surface area contributed by atoms with Crippen LogP contribution in [-0.2, 0) is 6.61 Å². The van der Waals surface area contributed by atoms with E-state index in [9.17, 15) is 8.78 Å². The van der Waals surface area contributed by atoms with Crippen molar-refractivity contribution in [3.05, 3.63) is 46.6 Å². The number of halogens is 3. The van der Waals surface area contributed by atoms with Gasteiger partial charge >= 0.3 is 0 Å². The Labute approximate surface area is 144 Å². The van der Waals surface area contributed by atoms with Gasteiger partial charge in [0.1, 0.15) is 12.4 Å². The highest BCUT2D eigenvalue weighted by atomic mass is 35.5. The molecule has 7 heteroatoms. The highest BCUT2D eigenvalue weighted by molar-refractivity contribution is 6.30. The standard InChI is InChI=1S/C17H18ClF2N3O/c18-13-6-5-12(14(19)9-13)11-24-16-15(20)10-21-17(22-16)23-7-3-1-2-4-8-23/h5-6,9-10H,1-4,7-8,11H2. The molecule has 1 fully saturated rings. The van der Waals surface area contributed by atoms with Gasteiger partial charge in [-0.15, -0.1) is 0 Å². The molecule has 0 unspecified atom stereocenters. The first-order valence-electron chi connectivity index (χ1n) is 7.98. The number of ether oxygens (including phenoxy) is 1. The van der Waals surface area contributed by atoms with E-state index in [2.05, 4.69) is 9.97 Å². The van der Waals surface area contributed by atoms with E-state index in [1.165, 1.54) is 25.0 Å². The molecule has 1 aliphatic heterocycles. The molecular formula is C17H18ClF2N3O. The minimum atomic E-state index is -0.664. The molecule has 24 heavy (non-hydrogen) atoms. The van der Waals surface area contributed by atoms with E-state index >= 15 is 0 Å². The second-order valence-corrected chi connectivity index (χ2v) is 6.19. The quantitative estimate of drug-likeness (QED) is 0.818. The van der Waals surface area contributed by atoms with Crippen LogP contribution in [0, 0.1) is 11.6 Å².